The van der Waals surface area contributed by atoms with Crippen molar-refractivity contribution in [2.24, 2.45) is 0 Å². The number of aliphatic hydroxyl groups excluding tert-OH is 1. The number of carboxylic acid groups (broad SMARTS) is 1. The number of carbonyl (C=O) groups excluding carboxylic acids is 1. The molecule has 0 aliphatic rings. The number of aromatic carboxylic acids is 1. The van der Waals surface area contributed by atoms with E-state index in [9.17, 15) is 14.7 Å². The highest BCUT2D eigenvalue weighted by molar-refractivity contribution is 7.12. The van der Waals surface area contributed by atoms with Crippen molar-refractivity contribution in [2.75, 3.05) is 6.61 Å². The summed E-state index contributed by atoms with van der Waals surface area (Å²) in [6, 6.07) is 1.34. The molecule has 5 nitrogen and oxygen atoms in total. The molecule has 0 aliphatic carbocycles. The van der Waals surface area contributed by atoms with Crippen LogP contribution >= 0.6 is 11.3 Å². The molecule has 1 amide bonds. The first-order chi connectivity index (χ1) is 8.41. The molecule has 1 rings (SSSR count). The summed E-state index contributed by atoms with van der Waals surface area (Å²) in [4.78, 5) is 22.8. The lowest BCUT2D eigenvalue weighted by molar-refractivity contribution is 0.0702. The van der Waals surface area contributed by atoms with Crippen LogP contribution in [0.5, 0.6) is 0 Å². The Labute approximate surface area is 109 Å². The fourth-order valence-corrected chi connectivity index (χ4v) is 2.37. The topological polar surface area (TPSA) is 86.6 Å². The van der Waals surface area contributed by atoms with E-state index in [-0.39, 0.29) is 17.4 Å². The van der Waals surface area contributed by atoms with E-state index in [0.717, 1.165) is 17.8 Å². The first-order valence-corrected chi connectivity index (χ1v) is 6.55. The molecular weight excluding hydrogens is 254 g/mol. The summed E-state index contributed by atoms with van der Waals surface area (Å²) in [5.74, 6) is -1.40. The third-order valence-electron chi connectivity index (χ3n) is 2.64. The van der Waals surface area contributed by atoms with E-state index in [1.807, 2.05) is 6.92 Å². The van der Waals surface area contributed by atoms with Gasteiger partial charge in [-0.3, -0.25) is 4.79 Å². The Morgan fingerprint density at radius 2 is 2.17 bits per heavy atom. The van der Waals surface area contributed by atoms with Gasteiger partial charge in [0, 0.05) is 5.38 Å². The zero-order valence-corrected chi connectivity index (χ0v) is 11.2. The van der Waals surface area contributed by atoms with Gasteiger partial charge in [-0.15, -0.1) is 11.3 Å². The molecule has 0 aromatic carbocycles. The Bertz CT molecular complexity index is 443. The van der Waals surface area contributed by atoms with Gasteiger partial charge in [-0.2, -0.15) is 0 Å². The summed E-state index contributed by atoms with van der Waals surface area (Å²) in [6.45, 7) is 3.58. The fraction of sp³-hybridized carbons (Fsp3) is 0.500. The first kappa shape index (κ1) is 14.7. The van der Waals surface area contributed by atoms with Gasteiger partial charge < -0.3 is 15.5 Å². The summed E-state index contributed by atoms with van der Waals surface area (Å²) >= 11 is 1.01. The molecule has 0 saturated heterocycles. The molecular formula is C12H17NO4S. The maximum absolute atomic E-state index is 11.9. The first-order valence-electron chi connectivity index (χ1n) is 5.67. The third kappa shape index (κ3) is 3.54. The average Bonchev–Trinajstić information content (AvgIpc) is 2.78. The van der Waals surface area contributed by atoms with Crippen LogP contribution in [0.4, 0.5) is 0 Å². The molecule has 1 heterocycles. The predicted octanol–water partition coefficient (Wildman–Crippen LogP) is 1.73. The standard InChI is InChI=1S/C12H17NO4S/c1-3-4-12(2,7-14)13-10(15)8-5-9(11(16)17)18-6-8/h5-6,14H,3-4,7H2,1-2H3,(H,13,15)(H,16,17). The Kier molecular flexibility index (Phi) is 4.86. The number of nitrogens with one attached hydrogen (secondary N) is 1. The number of amides is 1. The van der Waals surface area contributed by atoms with E-state index in [2.05, 4.69) is 5.32 Å². The molecule has 1 aromatic heterocycles. The van der Waals surface area contributed by atoms with Crippen molar-refractivity contribution < 1.29 is 19.8 Å². The molecule has 1 unspecified atom stereocenters. The summed E-state index contributed by atoms with van der Waals surface area (Å²) in [5, 5.41) is 22.3. The quantitative estimate of drug-likeness (QED) is 0.735. The monoisotopic (exact) mass is 271 g/mol. The van der Waals surface area contributed by atoms with Crippen molar-refractivity contribution in [1.82, 2.24) is 5.32 Å². The number of hydrogen-bond donors (Lipinski definition) is 3. The van der Waals surface area contributed by atoms with Gasteiger partial charge in [0.05, 0.1) is 17.7 Å². The molecule has 0 bridgehead atoms. The number of aliphatic hydroxyl groups is 1. The van der Waals surface area contributed by atoms with Gasteiger partial charge in [-0.25, -0.2) is 4.79 Å². The number of carbonyl (C=O) groups is 2. The van der Waals surface area contributed by atoms with Crippen molar-refractivity contribution >= 4 is 23.2 Å². The normalized spacial score (nSPS) is 13.9. The maximum atomic E-state index is 11.9. The molecule has 0 radical (unpaired) electrons. The van der Waals surface area contributed by atoms with Crippen LogP contribution in [-0.4, -0.2) is 34.2 Å². The van der Waals surface area contributed by atoms with Gasteiger partial charge in [-0.1, -0.05) is 13.3 Å². The van der Waals surface area contributed by atoms with Gasteiger partial charge in [-0.05, 0) is 19.4 Å². The van der Waals surface area contributed by atoms with E-state index in [4.69, 9.17) is 5.11 Å². The predicted molar refractivity (Wildman–Crippen MR) is 69.1 cm³/mol. The minimum Gasteiger partial charge on any atom is -0.477 e. The van der Waals surface area contributed by atoms with E-state index >= 15 is 0 Å². The zero-order chi connectivity index (χ0) is 13.8. The van der Waals surface area contributed by atoms with Crippen LogP contribution in [0.2, 0.25) is 0 Å². The van der Waals surface area contributed by atoms with Crippen LogP contribution in [-0.2, 0) is 0 Å². The van der Waals surface area contributed by atoms with Crippen molar-refractivity contribution in [3.8, 4) is 0 Å². The lowest BCUT2D eigenvalue weighted by Gasteiger charge is -2.28. The SMILES string of the molecule is CCCC(C)(CO)NC(=O)c1csc(C(=O)O)c1. The molecule has 100 valence electrons. The zero-order valence-electron chi connectivity index (χ0n) is 10.4. The highest BCUT2D eigenvalue weighted by atomic mass is 32.1. The van der Waals surface area contributed by atoms with E-state index in [1.165, 1.54) is 11.4 Å². The van der Waals surface area contributed by atoms with Crippen LogP contribution in [0.15, 0.2) is 11.4 Å². The second-order valence-electron chi connectivity index (χ2n) is 4.43. The lowest BCUT2D eigenvalue weighted by Crippen LogP contribution is -2.48. The highest BCUT2D eigenvalue weighted by Crippen LogP contribution is 2.17. The number of rotatable bonds is 6. The summed E-state index contributed by atoms with van der Waals surface area (Å²) < 4.78 is 0. The van der Waals surface area contributed by atoms with E-state index in [1.54, 1.807) is 6.92 Å². The lowest BCUT2D eigenvalue weighted by atomic mass is 9.97. The molecule has 0 saturated carbocycles. The smallest absolute Gasteiger partial charge is 0.345 e. The molecule has 1 atom stereocenters. The summed E-state index contributed by atoms with van der Waals surface area (Å²) in [6.07, 6.45) is 1.49. The van der Waals surface area contributed by atoms with Gasteiger partial charge in [0.1, 0.15) is 4.88 Å². The summed E-state index contributed by atoms with van der Waals surface area (Å²) in [5.41, 5.74) is -0.356. The summed E-state index contributed by atoms with van der Waals surface area (Å²) in [7, 11) is 0. The van der Waals surface area contributed by atoms with Crippen molar-refractivity contribution in [3.63, 3.8) is 0 Å². The Hall–Kier alpha value is -1.40. The minimum atomic E-state index is -1.04. The van der Waals surface area contributed by atoms with E-state index in [0.29, 0.717) is 12.0 Å². The molecule has 0 aliphatic heterocycles. The van der Waals surface area contributed by atoms with Crippen LogP contribution < -0.4 is 5.32 Å². The van der Waals surface area contributed by atoms with E-state index < -0.39 is 11.5 Å². The number of hydrogen-bond acceptors (Lipinski definition) is 4. The number of thiophene rings is 1. The van der Waals surface area contributed by atoms with Crippen LogP contribution in [0.25, 0.3) is 0 Å². The largest absolute Gasteiger partial charge is 0.477 e. The third-order valence-corrected chi connectivity index (χ3v) is 3.56. The molecule has 1 aromatic rings. The maximum Gasteiger partial charge on any atom is 0.345 e. The van der Waals surface area contributed by atoms with Gasteiger partial charge in [0.15, 0.2) is 0 Å². The van der Waals surface area contributed by atoms with Crippen molar-refractivity contribution in [3.05, 3.63) is 21.9 Å². The molecule has 0 spiro atoms. The Morgan fingerprint density at radius 3 is 2.61 bits per heavy atom. The van der Waals surface area contributed by atoms with Crippen LogP contribution in [0, 0.1) is 0 Å². The molecule has 18 heavy (non-hydrogen) atoms. The van der Waals surface area contributed by atoms with Gasteiger partial charge in [0.2, 0.25) is 0 Å². The minimum absolute atomic E-state index is 0.126. The van der Waals surface area contributed by atoms with Gasteiger partial charge >= 0.3 is 5.97 Å². The Balaban J connectivity index is 2.77. The van der Waals surface area contributed by atoms with Crippen LogP contribution in [0.3, 0.4) is 0 Å². The molecule has 3 N–H and O–H groups in total. The fourth-order valence-electron chi connectivity index (χ4n) is 1.65. The second-order valence-corrected chi connectivity index (χ2v) is 5.34. The molecule has 6 heteroatoms. The van der Waals surface area contributed by atoms with Crippen molar-refractivity contribution in [2.45, 2.75) is 32.2 Å². The molecule has 0 fully saturated rings. The second kappa shape index (κ2) is 5.97. The van der Waals surface area contributed by atoms with Gasteiger partial charge in [0.25, 0.3) is 5.91 Å². The highest BCUT2D eigenvalue weighted by Gasteiger charge is 2.25. The number of carboxylic acids is 1. The average molecular weight is 271 g/mol. The van der Waals surface area contributed by atoms with Crippen LogP contribution in [0.1, 0.15) is 46.7 Å². The van der Waals surface area contributed by atoms with Crippen molar-refractivity contribution in [1.29, 1.82) is 0 Å². The Morgan fingerprint density at radius 1 is 1.50 bits per heavy atom.